The van der Waals surface area contributed by atoms with Gasteiger partial charge in [-0.25, -0.2) is 4.79 Å². The summed E-state index contributed by atoms with van der Waals surface area (Å²) in [6.45, 7) is 4.38. The first kappa shape index (κ1) is 15.8. The van der Waals surface area contributed by atoms with E-state index in [0.29, 0.717) is 5.92 Å². The van der Waals surface area contributed by atoms with Crippen molar-refractivity contribution in [2.45, 2.75) is 32.6 Å². The maximum atomic E-state index is 11.0. The second-order valence-electron chi connectivity index (χ2n) is 5.09. The second-order valence-corrected chi connectivity index (χ2v) is 5.95. The molecule has 0 atom stereocenters. The van der Waals surface area contributed by atoms with E-state index < -0.39 is 5.97 Å². The predicted molar refractivity (Wildman–Crippen MR) is 86.6 cm³/mol. The molecule has 1 N–H and O–H groups in total. The lowest BCUT2D eigenvalue weighted by Crippen LogP contribution is -2.00. The molecule has 0 fully saturated rings. The number of hydrogen-bond donors (Lipinski definition) is 1. The van der Waals surface area contributed by atoms with Crippen molar-refractivity contribution in [1.82, 2.24) is 9.78 Å². The molecule has 2 rings (SSSR count). The molecule has 1 aromatic heterocycles. The molecule has 0 amide bonds. The number of hydrogen-bond acceptors (Lipinski definition) is 2. The van der Waals surface area contributed by atoms with E-state index in [1.54, 1.807) is 17.8 Å². The van der Waals surface area contributed by atoms with Gasteiger partial charge in [0, 0.05) is 17.1 Å². The highest BCUT2D eigenvalue weighted by Gasteiger charge is 2.15. The topological polar surface area (TPSA) is 55.1 Å². The van der Waals surface area contributed by atoms with Gasteiger partial charge in [-0.2, -0.15) is 5.10 Å². The van der Waals surface area contributed by atoms with Gasteiger partial charge in [-0.3, -0.25) is 4.68 Å². The minimum absolute atomic E-state index is 0.0627. The predicted octanol–water partition coefficient (Wildman–Crippen LogP) is 4.45. The smallest absolute Gasteiger partial charge is 0.356 e. The van der Waals surface area contributed by atoms with Gasteiger partial charge in [0.2, 0.25) is 0 Å². The third kappa shape index (κ3) is 3.18. The molecule has 0 saturated heterocycles. The molecule has 0 unspecified atom stereocenters. The highest BCUT2D eigenvalue weighted by atomic mass is 79.9. The number of aromatic carboxylic acids is 1. The summed E-state index contributed by atoms with van der Waals surface area (Å²) in [4.78, 5) is 11.0. The fourth-order valence-corrected chi connectivity index (χ4v) is 3.29. The quantitative estimate of drug-likeness (QED) is 0.866. The summed E-state index contributed by atoms with van der Waals surface area (Å²) < 4.78 is 2.66. The van der Waals surface area contributed by atoms with Gasteiger partial charge in [-0.1, -0.05) is 41.9 Å². The Bertz CT molecular complexity index is 660. The van der Waals surface area contributed by atoms with E-state index >= 15 is 0 Å². The summed E-state index contributed by atoms with van der Waals surface area (Å²) >= 11 is 3.64. The van der Waals surface area contributed by atoms with Crippen molar-refractivity contribution in [3.8, 4) is 11.3 Å². The van der Waals surface area contributed by atoms with Crippen molar-refractivity contribution in [2.75, 3.05) is 0 Å². The highest BCUT2D eigenvalue weighted by Crippen LogP contribution is 2.33. The summed E-state index contributed by atoms with van der Waals surface area (Å²) in [6, 6.07) is 7.78. The van der Waals surface area contributed by atoms with Crippen LogP contribution >= 0.6 is 15.9 Å². The Kier molecular flexibility index (Phi) is 4.83. The van der Waals surface area contributed by atoms with E-state index in [-0.39, 0.29) is 5.69 Å². The van der Waals surface area contributed by atoms with E-state index in [1.807, 2.05) is 12.1 Å². The maximum absolute atomic E-state index is 11.0. The van der Waals surface area contributed by atoms with Gasteiger partial charge in [0.05, 0.1) is 5.69 Å². The van der Waals surface area contributed by atoms with Crippen LogP contribution in [0.5, 0.6) is 0 Å². The van der Waals surface area contributed by atoms with Gasteiger partial charge >= 0.3 is 5.97 Å². The molecule has 0 spiro atoms. The molecule has 2 aromatic rings. The molecule has 0 aliphatic rings. The van der Waals surface area contributed by atoms with Crippen molar-refractivity contribution in [1.29, 1.82) is 0 Å². The summed E-state index contributed by atoms with van der Waals surface area (Å²) in [7, 11) is 1.75. The maximum Gasteiger partial charge on any atom is 0.356 e. The fourth-order valence-electron chi connectivity index (χ4n) is 2.59. The third-order valence-electron chi connectivity index (χ3n) is 3.82. The van der Waals surface area contributed by atoms with E-state index in [1.165, 1.54) is 5.56 Å². The Morgan fingerprint density at radius 2 is 2.00 bits per heavy atom. The van der Waals surface area contributed by atoms with Crippen LogP contribution in [0.3, 0.4) is 0 Å². The zero-order valence-electron chi connectivity index (χ0n) is 12.4. The Labute approximate surface area is 132 Å². The normalized spacial score (nSPS) is 11.1. The lowest BCUT2D eigenvalue weighted by molar-refractivity contribution is 0.0689. The molecule has 0 radical (unpaired) electrons. The second kappa shape index (κ2) is 6.43. The standard InChI is InChI=1S/C16H19BrN2O2/c1-4-10(5-2)12-7-6-11(8-13(12)17)15-9-14(16(20)21)18-19(15)3/h6-10H,4-5H2,1-3H3,(H,20,21). The van der Waals surface area contributed by atoms with Crippen LogP contribution in [-0.2, 0) is 7.05 Å². The zero-order chi connectivity index (χ0) is 15.6. The minimum atomic E-state index is -1.01. The van der Waals surface area contributed by atoms with Gasteiger partial charge in [0.15, 0.2) is 5.69 Å². The van der Waals surface area contributed by atoms with E-state index in [0.717, 1.165) is 28.6 Å². The molecule has 4 nitrogen and oxygen atoms in total. The minimum Gasteiger partial charge on any atom is -0.476 e. The fraction of sp³-hybridized carbons (Fsp3) is 0.375. The van der Waals surface area contributed by atoms with Gasteiger partial charge in [-0.15, -0.1) is 0 Å². The van der Waals surface area contributed by atoms with Crippen molar-refractivity contribution in [2.24, 2.45) is 7.05 Å². The summed E-state index contributed by atoms with van der Waals surface area (Å²) in [6.07, 6.45) is 2.20. The lowest BCUT2D eigenvalue weighted by Gasteiger charge is -2.15. The van der Waals surface area contributed by atoms with Crippen LogP contribution in [0, 0.1) is 0 Å². The van der Waals surface area contributed by atoms with Crippen LogP contribution < -0.4 is 0 Å². The summed E-state index contributed by atoms with van der Waals surface area (Å²) in [5.74, 6) is -0.473. The molecule has 0 aliphatic carbocycles. The van der Waals surface area contributed by atoms with E-state index in [2.05, 4.69) is 40.9 Å². The number of carboxylic acid groups (broad SMARTS) is 1. The van der Waals surface area contributed by atoms with E-state index in [9.17, 15) is 4.79 Å². The molecule has 5 heteroatoms. The Hall–Kier alpha value is -1.62. The van der Waals surface area contributed by atoms with Gasteiger partial charge in [-0.05, 0) is 36.5 Å². The van der Waals surface area contributed by atoms with Gasteiger partial charge < -0.3 is 5.11 Å². The molecule has 1 aromatic carbocycles. The Morgan fingerprint density at radius 3 is 2.48 bits per heavy atom. The number of carbonyl (C=O) groups is 1. The monoisotopic (exact) mass is 350 g/mol. The lowest BCUT2D eigenvalue weighted by atomic mass is 9.93. The van der Waals surface area contributed by atoms with Crippen molar-refractivity contribution in [3.05, 3.63) is 40.0 Å². The molecular formula is C16H19BrN2O2. The number of benzene rings is 1. The first-order chi connectivity index (χ1) is 9.97. The number of aromatic nitrogens is 2. The molecule has 21 heavy (non-hydrogen) atoms. The highest BCUT2D eigenvalue weighted by molar-refractivity contribution is 9.10. The molecule has 1 heterocycles. The summed E-state index contributed by atoms with van der Waals surface area (Å²) in [5.41, 5.74) is 3.11. The van der Waals surface area contributed by atoms with Crippen molar-refractivity contribution in [3.63, 3.8) is 0 Å². The number of halogens is 1. The molecule has 0 bridgehead atoms. The van der Waals surface area contributed by atoms with E-state index in [4.69, 9.17) is 5.11 Å². The third-order valence-corrected chi connectivity index (χ3v) is 4.51. The number of carboxylic acids is 1. The first-order valence-electron chi connectivity index (χ1n) is 7.05. The average Bonchev–Trinajstić information content (AvgIpc) is 2.84. The Morgan fingerprint density at radius 1 is 1.33 bits per heavy atom. The molecule has 112 valence electrons. The molecular weight excluding hydrogens is 332 g/mol. The average molecular weight is 351 g/mol. The first-order valence-corrected chi connectivity index (χ1v) is 7.84. The van der Waals surface area contributed by atoms with Gasteiger partial charge in [0.1, 0.15) is 0 Å². The summed E-state index contributed by atoms with van der Waals surface area (Å²) in [5, 5.41) is 13.0. The Balaban J connectivity index is 2.42. The van der Waals surface area contributed by atoms with Gasteiger partial charge in [0.25, 0.3) is 0 Å². The van der Waals surface area contributed by atoms with Crippen LogP contribution in [0.15, 0.2) is 28.7 Å². The number of nitrogens with zero attached hydrogens (tertiary/aromatic N) is 2. The van der Waals surface area contributed by atoms with Crippen LogP contribution in [-0.4, -0.2) is 20.9 Å². The number of aryl methyl sites for hydroxylation is 1. The molecule has 0 saturated carbocycles. The van der Waals surface area contributed by atoms with Crippen molar-refractivity contribution >= 4 is 21.9 Å². The van der Waals surface area contributed by atoms with Crippen LogP contribution in [0.2, 0.25) is 0 Å². The van der Waals surface area contributed by atoms with Crippen LogP contribution in [0.4, 0.5) is 0 Å². The van der Waals surface area contributed by atoms with Crippen LogP contribution in [0.25, 0.3) is 11.3 Å². The number of rotatable bonds is 5. The molecule has 0 aliphatic heterocycles. The zero-order valence-corrected chi connectivity index (χ0v) is 14.0. The van der Waals surface area contributed by atoms with Crippen LogP contribution in [0.1, 0.15) is 48.7 Å². The SMILES string of the molecule is CCC(CC)c1ccc(-c2cc(C(=O)O)nn2C)cc1Br. The van der Waals surface area contributed by atoms with Crippen molar-refractivity contribution < 1.29 is 9.90 Å². The largest absolute Gasteiger partial charge is 0.476 e.